The van der Waals surface area contributed by atoms with Crippen LogP contribution in [0.1, 0.15) is 24.8 Å². The van der Waals surface area contributed by atoms with E-state index in [1.54, 1.807) is 12.1 Å². The molecule has 1 amide bonds. The number of amides is 1. The second-order valence-electron chi connectivity index (χ2n) is 6.55. The lowest BCUT2D eigenvalue weighted by Gasteiger charge is -2.12. The van der Waals surface area contributed by atoms with Gasteiger partial charge in [-0.2, -0.15) is 0 Å². The van der Waals surface area contributed by atoms with Crippen LogP contribution in [0.4, 0.5) is 5.69 Å². The first-order valence-corrected chi connectivity index (χ1v) is 10.6. The van der Waals surface area contributed by atoms with Crippen molar-refractivity contribution in [2.75, 3.05) is 18.5 Å². The van der Waals surface area contributed by atoms with E-state index in [1.807, 2.05) is 30.3 Å². The smallest absolute Gasteiger partial charge is 0.240 e. The van der Waals surface area contributed by atoms with Crippen molar-refractivity contribution in [2.24, 2.45) is 0 Å². The van der Waals surface area contributed by atoms with Crippen molar-refractivity contribution in [3.8, 4) is 0 Å². The molecule has 144 valence electrons. The summed E-state index contributed by atoms with van der Waals surface area (Å²) in [6, 6.07) is 16.0. The number of rotatable bonds is 8. The number of hydrogen-bond donors (Lipinski definition) is 2. The average Bonchev–Trinajstić information content (AvgIpc) is 3.20. The van der Waals surface area contributed by atoms with Gasteiger partial charge < -0.3 is 10.1 Å². The van der Waals surface area contributed by atoms with Crippen molar-refractivity contribution < 1.29 is 17.9 Å². The quantitative estimate of drug-likeness (QED) is 0.728. The summed E-state index contributed by atoms with van der Waals surface area (Å²) in [6.07, 6.45) is 2.81. The van der Waals surface area contributed by atoms with E-state index in [-0.39, 0.29) is 23.5 Å². The van der Waals surface area contributed by atoms with E-state index >= 15 is 0 Å². The molecule has 1 atom stereocenters. The van der Waals surface area contributed by atoms with Crippen molar-refractivity contribution >= 4 is 21.6 Å². The Kier molecular flexibility index (Phi) is 6.60. The second-order valence-corrected chi connectivity index (χ2v) is 8.31. The lowest BCUT2D eigenvalue weighted by atomic mass is 10.1. The van der Waals surface area contributed by atoms with Crippen molar-refractivity contribution in [1.29, 1.82) is 0 Å². The fraction of sp³-hybridized carbons (Fsp3) is 0.350. The molecule has 0 unspecified atom stereocenters. The highest BCUT2D eigenvalue weighted by Gasteiger charge is 2.20. The van der Waals surface area contributed by atoms with E-state index in [0.717, 1.165) is 18.4 Å². The first-order valence-electron chi connectivity index (χ1n) is 9.08. The zero-order chi connectivity index (χ0) is 19.1. The molecule has 27 heavy (non-hydrogen) atoms. The summed E-state index contributed by atoms with van der Waals surface area (Å²) in [5, 5.41) is 2.79. The van der Waals surface area contributed by atoms with Crippen molar-refractivity contribution in [3.05, 3.63) is 60.2 Å². The van der Waals surface area contributed by atoms with Crippen LogP contribution in [-0.4, -0.2) is 33.6 Å². The molecule has 6 nitrogen and oxygen atoms in total. The van der Waals surface area contributed by atoms with Crippen molar-refractivity contribution in [3.63, 3.8) is 0 Å². The Morgan fingerprint density at radius 1 is 1.07 bits per heavy atom. The third-order valence-electron chi connectivity index (χ3n) is 4.46. The van der Waals surface area contributed by atoms with E-state index in [2.05, 4.69) is 10.0 Å². The van der Waals surface area contributed by atoms with E-state index in [0.29, 0.717) is 25.1 Å². The Bertz CT molecular complexity index is 845. The Morgan fingerprint density at radius 3 is 2.48 bits per heavy atom. The van der Waals surface area contributed by atoms with Crippen LogP contribution in [0.3, 0.4) is 0 Å². The molecule has 2 N–H and O–H groups in total. The zero-order valence-electron chi connectivity index (χ0n) is 15.1. The van der Waals surface area contributed by atoms with Crippen LogP contribution in [0.2, 0.25) is 0 Å². The summed E-state index contributed by atoms with van der Waals surface area (Å²) in [5.74, 6) is -0.106. The fourth-order valence-corrected chi connectivity index (χ4v) is 4.00. The summed E-state index contributed by atoms with van der Waals surface area (Å²) >= 11 is 0. The summed E-state index contributed by atoms with van der Waals surface area (Å²) in [4.78, 5) is 12.2. The second kappa shape index (κ2) is 9.12. The van der Waals surface area contributed by atoms with Gasteiger partial charge in [0.2, 0.25) is 15.9 Å². The maximum Gasteiger partial charge on any atom is 0.240 e. The molecule has 0 aliphatic carbocycles. The lowest BCUT2D eigenvalue weighted by molar-refractivity contribution is -0.116. The fourth-order valence-electron chi connectivity index (χ4n) is 2.93. The van der Waals surface area contributed by atoms with Gasteiger partial charge in [-0.05, 0) is 49.1 Å². The van der Waals surface area contributed by atoms with Gasteiger partial charge in [-0.1, -0.05) is 30.3 Å². The number of anilines is 1. The average molecular weight is 388 g/mol. The molecule has 1 heterocycles. The Hall–Kier alpha value is -2.22. The van der Waals surface area contributed by atoms with Gasteiger partial charge in [0.15, 0.2) is 0 Å². The molecule has 0 radical (unpaired) electrons. The molecule has 0 spiro atoms. The number of carbonyl (C=O) groups excluding carboxylic acids is 1. The van der Waals surface area contributed by atoms with E-state index < -0.39 is 10.0 Å². The third-order valence-corrected chi connectivity index (χ3v) is 5.90. The van der Waals surface area contributed by atoms with Gasteiger partial charge in [-0.25, -0.2) is 13.1 Å². The number of sulfonamides is 1. The van der Waals surface area contributed by atoms with Crippen molar-refractivity contribution in [2.45, 2.75) is 36.7 Å². The highest BCUT2D eigenvalue weighted by Crippen LogP contribution is 2.16. The molecule has 2 aromatic carbocycles. The van der Waals surface area contributed by atoms with Gasteiger partial charge in [0, 0.05) is 25.3 Å². The topological polar surface area (TPSA) is 84.5 Å². The molecule has 1 fully saturated rings. The Labute approximate surface area is 160 Å². The molecule has 0 aromatic heterocycles. The lowest BCUT2D eigenvalue weighted by Crippen LogP contribution is -2.31. The minimum absolute atomic E-state index is 0.0528. The van der Waals surface area contributed by atoms with E-state index in [1.165, 1.54) is 12.1 Å². The molecule has 1 aliphatic rings. The number of aryl methyl sites for hydroxylation is 1. The summed E-state index contributed by atoms with van der Waals surface area (Å²) in [5.41, 5.74) is 1.68. The number of ether oxygens (including phenoxy) is 1. The normalized spacial score (nSPS) is 17.0. The SMILES string of the molecule is O=C(CCc1ccccc1)Nc1ccc(S(=O)(=O)NC[C@@H]2CCCO2)cc1. The summed E-state index contributed by atoms with van der Waals surface area (Å²) in [7, 11) is -3.58. The third kappa shape index (κ3) is 5.89. The highest BCUT2D eigenvalue weighted by molar-refractivity contribution is 7.89. The number of carbonyl (C=O) groups is 1. The molecule has 7 heteroatoms. The van der Waals surface area contributed by atoms with Crippen LogP contribution in [0.25, 0.3) is 0 Å². The minimum atomic E-state index is -3.58. The van der Waals surface area contributed by atoms with E-state index in [9.17, 15) is 13.2 Å². The first kappa shape index (κ1) is 19.5. The van der Waals surface area contributed by atoms with Gasteiger partial charge in [0.1, 0.15) is 0 Å². The van der Waals surface area contributed by atoms with Gasteiger partial charge in [-0.3, -0.25) is 4.79 Å². The van der Waals surface area contributed by atoms with Crippen molar-refractivity contribution in [1.82, 2.24) is 4.72 Å². The maximum atomic E-state index is 12.3. The molecule has 0 saturated carbocycles. The Morgan fingerprint density at radius 2 is 1.81 bits per heavy atom. The number of nitrogens with one attached hydrogen (secondary N) is 2. The molecule has 3 rings (SSSR count). The summed E-state index contributed by atoms with van der Waals surface area (Å²) < 4.78 is 32.7. The predicted molar refractivity (Wildman–Crippen MR) is 104 cm³/mol. The highest BCUT2D eigenvalue weighted by atomic mass is 32.2. The predicted octanol–water partition coefficient (Wildman–Crippen LogP) is 2.72. The molecule has 2 aromatic rings. The Balaban J connectivity index is 1.50. The van der Waals surface area contributed by atoms with Crippen LogP contribution in [0.5, 0.6) is 0 Å². The molecule has 0 bridgehead atoms. The number of hydrogen-bond acceptors (Lipinski definition) is 4. The summed E-state index contributed by atoms with van der Waals surface area (Å²) in [6.45, 7) is 0.964. The molecule has 1 saturated heterocycles. The van der Waals surface area contributed by atoms with Gasteiger partial charge in [0.25, 0.3) is 0 Å². The van der Waals surface area contributed by atoms with Crippen LogP contribution in [0, 0.1) is 0 Å². The molecular formula is C20H24N2O4S. The van der Waals surface area contributed by atoms with Crippen LogP contribution in [-0.2, 0) is 26.0 Å². The largest absolute Gasteiger partial charge is 0.377 e. The number of benzene rings is 2. The maximum absolute atomic E-state index is 12.3. The van der Waals surface area contributed by atoms with Crippen LogP contribution < -0.4 is 10.0 Å². The monoisotopic (exact) mass is 388 g/mol. The first-order chi connectivity index (χ1) is 13.0. The molecule has 1 aliphatic heterocycles. The van der Waals surface area contributed by atoms with Crippen LogP contribution >= 0.6 is 0 Å². The molecular weight excluding hydrogens is 364 g/mol. The zero-order valence-corrected chi connectivity index (χ0v) is 15.9. The van der Waals surface area contributed by atoms with Crippen LogP contribution in [0.15, 0.2) is 59.5 Å². The standard InChI is InChI=1S/C20H24N2O4S/c23-20(13-8-16-5-2-1-3-6-16)22-17-9-11-19(12-10-17)27(24,25)21-15-18-7-4-14-26-18/h1-3,5-6,9-12,18,21H,4,7-8,13-15H2,(H,22,23)/t18-/m0/s1. The van der Waals surface area contributed by atoms with E-state index in [4.69, 9.17) is 4.74 Å². The van der Waals surface area contributed by atoms with Gasteiger partial charge in [-0.15, -0.1) is 0 Å². The van der Waals surface area contributed by atoms with Gasteiger partial charge >= 0.3 is 0 Å². The minimum Gasteiger partial charge on any atom is -0.377 e. The van der Waals surface area contributed by atoms with Gasteiger partial charge in [0.05, 0.1) is 11.0 Å².